The van der Waals surface area contributed by atoms with Crippen LogP contribution in [0.1, 0.15) is 21.7 Å². The van der Waals surface area contributed by atoms with E-state index in [0.29, 0.717) is 10.8 Å². The average Bonchev–Trinajstić information content (AvgIpc) is 2.94. The van der Waals surface area contributed by atoms with E-state index >= 15 is 0 Å². The van der Waals surface area contributed by atoms with E-state index in [0.717, 1.165) is 15.8 Å². The molecule has 0 saturated heterocycles. The molecule has 0 saturated carbocycles. The van der Waals surface area contributed by atoms with Crippen LogP contribution in [0.5, 0.6) is 0 Å². The highest BCUT2D eigenvalue weighted by Crippen LogP contribution is 2.26. The molecular formula is C16H14N4O3S. The molecule has 24 heavy (non-hydrogen) atoms. The van der Waals surface area contributed by atoms with E-state index in [1.54, 1.807) is 6.92 Å². The number of ether oxygens (including phenoxy) is 1. The van der Waals surface area contributed by atoms with Gasteiger partial charge in [-0.05, 0) is 31.5 Å². The molecule has 8 heteroatoms. The van der Waals surface area contributed by atoms with Gasteiger partial charge in [-0.25, -0.2) is 14.8 Å². The molecule has 1 aromatic carbocycles. The van der Waals surface area contributed by atoms with Crippen LogP contribution in [0.3, 0.4) is 0 Å². The lowest BCUT2D eigenvalue weighted by molar-refractivity contribution is -0.119. The van der Waals surface area contributed by atoms with E-state index in [1.165, 1.54) is 23.7 Å². The SMILES string of the molecule is Cc1ccc2nc(NC(=O)COC(=O)c3cnc(C)cn3)sc2c1. The Bertz CT molecular complexity index is 905. The summed E-state index contributed by atoms with van der Waals surface area (Å²) in [5.74, 6) is -1.16. The number of fused-ring (bicyclic) bond motifs is 1. The molecule has 0 spiro atoms. The topological polar surface area (TPSA) is 94.1 Å². The third-order valence-electron chi connectivity index (χ3n) is 3.11. The highest BCUT2D eigenvalue weighted by atomic mass is 32.1. The van der Waals surface area contributed by atoms with Crippen LogP contribution in [-0.2, 0) is 9.53 Å². The summed E-state index contributed by atoms with van der Waals surface area (Å²) < 4.78 is 5.90. The van der Waals surface area contributed by atoms with Crippen molar-refractivity contribution < 1.29 is 14.3 Å². The first-order chi connectivity index (χ1) is 11.5. The molecule has 0 aliphatic carbocycles. The van der Waals surface area contributed by atoms with E-state index < -0.39 is 18.5 Å². The zero-order valence-electron chi connectivity index (χ0n) is 13.1. The van der Waals surface area contributed by atoms with Crippen LogP contribution in [0, 0.1) is 13.8 Å². The number of nitrogens with one attached hydrogen (secondary N) is 1. The van der Waals surface area contributed by atoms with Gasteiger partial charge in [-0.15, -0.1) is 0 Å². The van der Waals surface area contributed by atoms with Crippen molar-refractivity contribution in [2.45, 2.75) is 13.8 Å². The molecule has 0 bridgehead atoms. The summed E-state index contributed by atoms with van der Waals surface area (Å²) in [5, 5.41) is 3.09. The zero-order valence-corrected chi connectivity index (χ0v) is 13.9. The number of carbonyl (C=O) groups is 2. The smallest absolute Gasteiger partial charge is 0.359 e. The maximum Gasteiger partial charge on any atom is 0.359 e. The molecule has 0 aliphatic heterocycles. The lowest BCUT2D eigenvalue weighted by Gasteiger charge is -2.04. The molecule has 7 nitrogen and oxygen atoms in total. The van der Waals surface area contributed by atoms with Gasteiger partial charge in [-0.2, -0.15) is 0 Å². The van der Waals surface area contributed by atoms with Gasteiger partial charge in [0.1, 0.15) is 0 Å². The summed E-state index contributed by atoms with van der Waals surface area (Å²) >= 11 is 1.37. The maximum absolute atomic E-state index is 11.9. The van der Waals surface area contributed by atoms with Crippen molar-refractivity contribution in [2.75, 3.05) is 11.9 Å². The Labute approximate surface area is 141 Å². The van der Waals surface area contributed by atoms with Gasteiger partial charge in [-0.1, -0.05) is 17.4 Å². The van der Waals surface area contributed by atoms with E-state index in [2.05, 4.69) is 20.3 Å². The summed E-state index contributed by atoms with van der Waals surface area (Å²) in [6.07, 6.45) is 2.77. The van der Waals surface area contributed by atoms with E-state index in [4.69, 9.17) is 4.74 Å². The Morgan fingerprint density at radius 3 is 2.79 bits per heavy atom. The minimum atomic E-state index is -0.697. The molecule has 1 N–H and O–H groups in total. The molecule has 3 aromatic rings. The first kappa shape index (κ1) is 16.0. The van der Waals surface area contributed by atoms with Crippen LogP contribution in [-0.4, -0.2) is 33.4 Å². The Balaban J connectivity index is 1.58. The van der Waals surface area contributed by atoms with Crippen molar-refractivity contribution in [1.82, 2.24) is 15.0 Å². The Hall–Kier alpha value is -2.87. The van der Waals surface area contributed by atoms with Gasteiger partial charge in [0, 0.05) is 6.20 Å². The molecule has 2 heterocycles. The molecule has 0 fully saturated rings. The Kier molecular flexibility index (Phi) is 4.48. The second-order valence-electron chi connectivity index (χ2n) is 5.16. The Morgan fingerprint density at radius 1 is 1.21 bits per heavy atom. The Morgan fingerprint density at radius 2 is 2.04 bits per heavy atom. The monoisotopic (exact) mass is 342 g/mol. The number of aromatic nitrogens is 3. The number of benzene rings is 1. The summed E-state index contributed by atoms with van der Waals surface area (Å²) in [5.41, 5.74) is 2.68. The maximum atomic E-state index is 11.9. The molecule has 3 rings (SSSR count). The summed E-state index contributed by atoms with van der Waals surface area (Å²) in [7, 11) is 0. The van der Waals surface area contributed by atoms with Crippen LogP contribution in [0.4, 0.5) is 5.13 Å². The fraction of sp³-hybridized carbons (Fsp3) is 0.188. The second-order valence-corrected chi connectivity index (χ2v) is 6.19. The predicted octanol–water partition coefficient (Wildman–Crippen LogP) is 2.50. The number of hydrogen-bond acceptors (Lipinski definition) is 7. The largest absolute Gasteiger partial charge is 0.451 e. The number of hydrogen-bond donors (Lipinski definition) is 1. The lowest BCUT2D eigenvalue weighted by atomic mass is 10.2. The third-order valence-corrected chi connectivity index (χ3v) is 4.05. The van der Waals surface area contributed by atoms with Crippen molar-refractivity contribution in [3.63, 3.8) is 0 Å². The summed E-state index contributed by atoms with van der Waals surface area (Å²) in [6, 6.07) is 5.85. The van der Waals surface area contributed by atoms with Gasteiger partial charge in [0.2, 0.25) is 0 Å². The van der Waals surface area contributed by atoms with E-state index in [9.17, 15) is 9.59 Å². The number of esters is 1. The van der Waals surface area contributed by atoms with Gasteiger partial charge < -0.3 is 4.74 Å². The summed E-state index contributed by atoms with van der Waals surface area (Å²) in [6.45, 7) is 3.34. The zero-order chi connectivity index (χ0) is 17.1. The van der Waals surface area contributed by atoms with Crippen molar-refractivity contribution in [1.29, 1.82) is 0 Å². The van der Waals surface area contributed by atoms with Crippen LogP contribution < -0.4 is 5.32 Å². The first-order valence-corrected chi connectivity index (χ1v) is 7.96. The highest BCUT2D eigenvalue weighted by Gasteiger charge is 2.13. The van der Waals surface area contributed by atoms with Crippen molar-refractivity contribution in [3.05, 3.63) is 47.5 Å². The molecule has 0 radical (unpaired) electrons. The number of nitrogens with zero attached hydrogens (tertiary/aromatic N) is 3. The van der Waals surface area contributed by atoms with Gasteiger partial charge in [0.05, 0.1) is 22.1 Å². The number of rotatable bonds is 4. The molecule has 0 unspecified atom stereocenters. The lowest BCUT2D eigenvalue weighted by Crippen LogP contribution is -2.21. The minimum Gasteiger partial charge on any atom is -0.451 e. The highest BCUT2D eigenvalue weighted by molar-refractivity contribution is 7.22. The molecule has 0 atom stereocenters. The average molecular weight is 342 g/mol. The van der Waals surface area contributed by atoms with Gasteiger partial charge in [0.25, 0.3) is 5.91 Å². The van der Waals surface area contributed by atoms with Gasteiger partial charge >= 0.3 is 5.97 Å². The van der Waals surface area contributed by atoms with Crippen LogP contribution in [0.2, 0.25) is 0 Å². The predicted molar refractivity (Wildman–Crippen MR) is 90.0 cm³/mol. The molecule has 122 valence electrons. The number of amides is 1. The van der Waals surface area contributed by atoms with Crippen LogP contribution >= 0.6 is 11.3 Å². The molecular weight excluding hydrogens is 328 g/mol. The van der Waals surface area contributed by atoms with Crippen LogP contribution in [0.15, 0.2) is 30.6 Å². The fourth-order valence-electron chi connectivity index (χ4n) is 1.94. The van der Waals surface area contributed by atoms with Crippen molar-refractivity contribution >= 4 is 38.6 Å². The number of carbonyl (C=O) groups excluding carboxylic acids is 2. The van der Waals surface area contributed by atoms with Gasteiger partial charge in [0.15, 0.2) is 17.4 Å². The normalized spacial score (nSPS) is 10.6. The van der Waals surface area contributed by atoms with Gasteiger partial charge in [-0.3, -0.25) is 15.1 Å². The second kappa shape index (κ2) is 6.71. The number of anilines is 1. The van der Waals surface area contributed by atoms with Crippen molar-refractivity contribution in [2.24, 2.45) is 0 Å². The summed E-state index contributed by atoms with van der Waals surface area (Å²) in [4.78, 5) is 35.8. The third kappa shape index (κ3) is 3.72. The number of aryl methyl sites for hydroxylation is 2. The molecule has 1 amide bonds. The fourth-order valence-corrected chi connectivity index (χ4v) is 2.92. The number of thiazole rings is 1. The molecule has 2 aromatic heterocycles. The van der Waals surface area contributed by atoms with E-state index in [1.807, 2.05) is 25.1 Å². The molecule has 0 aliphatic rings. The van der Waals surface area contributed by atoms with E-state index in [-0.39, 0.29) is 5.69 Å². The first-order valence-electron chi connectivity index (χ1n) is 7.14. The minimum absolute atomic E-state index is 0.0591. The van der Waals surface area contributed by atoms with Crippen LogP contribution in [0.25, 0.3) is 10.2 Å². The standard InChI is InChI=1S/C16H14N4O3S/c1-9-3-4-11-13(5-9)24-16(19-11)20-14(21)8-23-15(22)12-7-17-10(2)6-18-12/h3-7H,8H2,1-2H3,(H,19,20,21). The van der Waals surface area contributed by atoms with Crippen molar-refractivity contribution in [3.8, 4) is 0 Å². The quantitative estimate of drug-likeness (QED) is 0.732.